The smallest absolute Gasteiger partial charge is 0.242 e. The van der Waals surface area contributed by atoms with Gasteiger partial charge in [-0.2, -0.15) is 5.26 Å². The second-order valence-electron chi connectivity index (χ2n) is 5.81. The highest BCUT2D eigenvalue weighted by Gasteiger charge is 2.19. The number of nitrogens with zero attached hydrogens (tertiary/aromatic N) is 3. The van der Waals surface area contributed by atoms with Gasteiger partial charge in [0.15, 0.2) is 0 Å². The number of thiazole rings is 1. The molecule has 0 atom stereocenters. The fourth-order valence-corrected chi connectivity index (χ4v) is 3.88. The topological polar surface area (TPSA) is 86.1 Å². The Hall–Kier alpha value is -2.21. The lowest BCUT2D eigenvalue weighted by Crippen LogP contribution is -2.22. The molecule has 2 rings (SSSR count). The molecule has 0 saturated heterocycles. The monoisotopic (exact) mass is 376 g/mol. The summed E-state index contributed by atoms with van der Waals surface area (Å²) in [4.78, 5) is 4.51. The number of hydrogen-bond acceptors (Lipinski definition) is 6. The van der Waals surface area contributed by atoms with Crippen LogP contribution in [0.4, 0.5) is 5.69 Å². The van der Waals surface area contributed by atoms with Gasteiger partial charge < -0.3 is 5.32 Å². The Bertz CT molecular complexity index is 967. The molecule has 0 saturated carbocycles. The van der Waals surface area contributed by atoms with Crippen molar-refractivity contribution in [2.24, 2.45) is 0 Å². The van der Waals surface area contributed by atoms with E-state index < -0.39 is 10.0 Å². The molecule has 1 aromatic heterocycles. The van der Waals surface area contributed by atoms with Crippen molar-refractivity contribution in [2.45, 2.75) is 25.7 Å². The highest BCUT2D eigenvalue weighted by Crippen LogP contribution is 2.26. The highest BCUT2D eigenvalue weighted by atomic mass is 32.2. The number of aromatic nitrogens is 1. The van der Waals surface area contributed by atoms with Crippen LogP contribution in [0.5, 0.6) is 0 Å². The zero-order chi connectivity index (χ0) is 18.8. The fourth-order valence-electron chi connectivity index (χ4n) is 2.11. The van der Waals surface area contributed by atoms with Crippen LogP contribution in [0.2, 0.25) is 0 Å². The van der Waals surface area contributed by atoms with Gasteiger partial charge in [0.1, 0.15) is 16.6 Å². The van der Waals surface area contributed by atoms with E-state index in [2.05, 4.69) is 16.4 Å². The molecule has 0 amide bonds. The van der Waals surface area contributed by atoms with E-state index in [0.717, 1.165) is 16.8 Å². The summed E-state index contributed by atoms with van der Waals surface area (Å²) >= 11 is 1.39. The molecule has 6 nitrogen and oxygen atoms in total. The predicted molar refractivity (Wildman–Crippen MR) is 101 cm³/mol. The number of sulfonamides is 1. The van der Waals surface area contributed by atoms with Gasteiger partial charge in [-0.05, 0) is 44.0 Å². The number of anilines is 1. The average molecular weight is 377 g/mol. The zero-order valence-electron chi connectivity index (χ0n) is 14.8. The lowest BCUT2D eigenvalue weighted by molar-refractivity contribution is 0.520. The zero-order valence-corrected chi connectivity index (χ0v) is 16.4. The van der Waals surface area contributed by atoms with Gasteiger partial charge in [0.25, 0.3) is 0 Å². The van der Waals surface area contributed by atoms with E-state index >= 15 is 0 Å². The van der Waals surface area contributed by atoms with Crippen molar-refractivity contribution in [3.8, 4) is 6.07 Å². The van der Waals surface area contributed by atoms with Gasteiger partial charge in [-0.25, -0.2) is 17.7 Å². The molecule has 0 bridgehead atoms. The first-order valence-corrected chi connectivity index (χ1v) is 9.82. The Morgan fingerprint density at radius 3 is 2.52 bits per heavy atom. The van der Waals surface area contributed by atoms with Crippen LogP contribution in [0.15, 0.2) is 28.6 Å². The molecule has 0 aliphatic carbocycles. The van der Waals surface area contributed by atoms with Crippen molar-refractivity contribution < 1.29 is 8.42 Å². The first kappa shape index (κ1) is 19.1. The van der Waals surface area contributed by atoms with Crippen LogP contribution in [0.25, 0.3) is 5.57 Å². The minimum Gasteiger partial charge on any atom is -0.360 e. The average Bonchev–Trinajstić information content (AvgIpc) is 2.97. The quantitative estimate of drug-likeness (QED) is 0.809. The van der Waals surface area contributed by atoms with E-state index in [1.54, 1.807) is 18.3 Å². The van der Waals surface area contributed by atoms with E-state index in [-0.39, 0.29) is 4.90 Å². The maximum Gasteiger partial charge on any atom is 0.242 e. The number of benzene rings is 1. The molecule has 0 radical (unpaired) electrons. The normalized spacial score (nSPS) is 12.3. The Morgan fingerprint density at radius 1 is 1.32 bits per heavy atom. The van der Waals surface area contributed by atoms with Gasteiger partial charge in [-0.15, -0.1) is 11.3 Å². The third-order valence-electron chi connectivity index (χ3n) is 3.76. The summed E-state index contributed by atoms with van der Waals surface area (Å²) in [7, 11) is -0.542. The van der Waals surface area contributed by atoms with Crippen molar-refractivity contribution >= 4 is 32.6 Å². The van der Waals surface area contributed by atoms with E-state index in [4.69, 9.17) is 0 Å². The Kier molecular flexibility index (Phi) is 5.62. The summed E-state index contributed by atoms with van der Waals surface area (Å²) in [6.07, 6.45) is 1.56. The molecule has 132 valence electrons. The summed E-state index contributed by atoms with van der Waals surface area (Å²) in [5.41, 5.74) is 3.66. The van der Waals surface area contributed by atoms with Crippen LogP contribution in [0, 0.1) is 32.1 Å². The Morgan fingerprint density at radius 2 is 2.00 bits per heavy atom. The number of aryl methyl sites for hydroxylation is 2. The maximum absolute atomic E-state index is 12.4. The Labute approximate surface area is 152 Å². The van der Waals surface area contributed by atoms with Gasteiger partial charge in [-0.3, -0.25) is 0 Å². The molecule has 1 N–H and O–H groups in total. The summed E-state index contributed by atoms with van der Waals surface area (Å²) in [6.45, 7) is 5.62. The van der Waals surface area contributed by atoms with Crippen molar-refractivity contribution in [3.05, 3.63) is 45.5 Å². The molecule has 0 aliphatic heterocycles. The van der Waals surface area contributed by atoms with E-state index in [1.165, 1.54) is 29.7 Å². The molecule has 0 fully saturated rings. The third kappa shape index (κ3) is 4.07. The van der Waals surface area contributed by atoms with Crippen LogP contribution in [0.1, 0.15) is 21.8 Å². The number of nitrogens with one attached hydrogen (secondary N) is 1. The molecule has 2 aromatic rings. The van der Waals surface area contributed by atoms with Crippen LogP contribution in [-0.2, 0) is 10.0 Å². The van der Waals surface area contributed by atoms with E-state index in [0.29, 0.717) is 16.3 Å². The van der Waals surface area contributed by atoms with E-state index in [1.807, 2.05) is 26.2 Å². The minimum atomic E-state index is -3.53. The van der Waals surface area contributed by atoms with Crippen molar-refractivity contribution in [2.75, 3.05) is 19.4 Å². The van der Waals surface area contributed by atoms with Gasteiger partial charge in [0.2, 0.25) is 10.0 Å². The predicted octanol–water partition coefficient (Wildman–Crippen LogP) is 3.30. The summed E-state index contributed by atoms with van der Waals surface area (Å²) in [5.74, 6) is 0. The molecule has 8 heteroatoms. The van der Waals surface area contributed by atoms with Crippen LogP contribution in [0.3, 0.4) is 0 Å². The molecular formula is C17H20N4O2S2. The van der Waals surface area contributed by atoms with Gasteiger partial charge in [-0.1, -0.05) is 0 Å². The van der Waals surface area contributed by atoms with Crippen molar-refractivity contribution in [1.82, 2.24) is 9.29 Å². The summed E-state index contributed by atoms with van der Waals surface area (Å²) in [5, 5.41) is 14.9. The van der Waals surface area contributed by atoms with Gasteiger partial charge in [0.05, 0.1) is 4.90 Å². The first-order valence-electron chi connectivity index (χ1n) is 7.50. The molecule has 25 heavy (non-hydrogen) atoms. The third-order valence-corrected chi connectivity index (χ3v) is 6.55. The lowest BCUT2D eigenvalue weighted by Gasteiger charge is -2.16. The van der Waals surface area contributed by atoms with Gasteiger partial charge >= 0.3 is 0 Å². The van der Waals surface area contributed by atoms with Crippen LogP contribution < -0.4 is 5.32 Å². The van der Waals surface area contributed by atoms with Crippen molar-refractivity contribution in [3.63, 3.8) is 0 Å². The second-order valence-corrected chi connectivity index (χ2v) is 8.82. The number of nitriles is 1. The molecule has 0 spiro atoms. The maximum atomic E-state index is 12.4. The SMILES string of the molecule is Cc1csc(/C(C#N)=C/Nc2cc(S(=O)(=O)N(C)C)cc(C)c2C)n1. The molecule has 1 heterocycles. The minimum absolute atomic E-state index is 0.208. The lowest BCUT2D eigenvalue weighted by atomic mass is 10.1. The van der Waals surface area contributed by atoms with Gasteiger partial charge in [0, 0.05) is 37.1 Å². The molecule has 1 aromatic carbocycles. The molecule has 0 unspecified atom stereocenters. The molecule has 0 aliphatic rings. The summed E-state index contributed by atoms with van der Waals surface area (Å²) in [6, 6.07) is 5.35. The molecular weight excluding hydrogens is 356 g/mol. The standard InChI is InChI=1S/C17H20N4O2S2/c1-11-6-15(25(22,23)21(4)5)7-16(13(11)3)19-9-14(8-18)17-20-12(2)10-24-17/h6-7,9-10,19H,1-5H3/b14-9+. The number of rotatable bonds is 5. The highest BCUT2D eigenvalue weighted by molar-refractivity contribution is 7.89. The van der Waals surface area contributed by atoms with Crippen LogP contribution in [-0.4, -0.2) is 31.8 Å². The largest absolute Gasteiger partial charge is 0.360 e. The number of allylic oxidation sites excluding steroid dienone is 1. The second kappa shape index (κ2) is 7.35. The van der Waals surface area contributed by atoms with E-state index in [9.17, 15) is 13.7 Å². The Balaban J connectivity index is 2.44. The first-order chi connectivity index (χ1) is 11.7. The number of hydrogen-bond donors (Lipinski definition) is 1. The summed E-state index contributed by atoms with van der Waals surface area (Å²) < 4.78 is 26.0. The van der Waals surface area contributed by atoms with Crippen LogP contribution >= 0.6 is 11.3 Å². The fraction of sp³-hybridized carbons (Fsp3) is 0.294. The van der Waals surface area contributed by atoms with Crippen molar-refractivity contribution in [1.29, 1.82) is 5.26 Å².